The van der Waals surface area contributed by atoms with Gasteiger partial charge in [0.25, 0.3) is 0 Å². The second kappa shape index (κ2) is 8.95. The molecule has 27 heavy (non-hydrogen) atoms. The summed E-state index contributed by atoms with van der Waals surface area (Å²) in [5.41, 5.74) is 5.95. The Morgan fingerprint density at radius 1 is 1.37 bits per heavy atom. The number of nitrogens with zero attached hydrogens (tertiary/aromatic N) is 1. The average molecular weight is 388 g/mol. The van der Waals surface area contributed by atoms with Gasteiger partial charge in [-0.2, -0.15) is 0 Å². The van der Waals surface area contributed by atoms with Gasteiger partial charge in [-0.1, -0.05) is 32.0 Å². The van der Waals surface area contributed by atoms with E-state index in [-0.39, 0.29) is 11.7 Å². The minimum Gasteiger partial charge on any atom is -0.345 e. The van der Waals surface area contributed by atoms with E-state index in [0.717, 1.165) is 19.5 Å². The molecule has 1 fully saturated rings. The number of likely N-dealkylation sites (tertiary alicyclic amines) is 1. The summed E-state index contributed by atoms with van der Waals surface area (Å²) in [7, 11) is 0. The van der Waals surface area contributed by atoms with Crippen molar-refractivity contribution in [3.05, 3.63) is 35.2 Å². The number of Topliss-reactive ketones (excluding diaryl/α,β-unsaturated/α-hetero) is 1. The summed E-state index contributed by atoms with van der Waals surface area (Å²) in [6, 6.07) is 9.59. The topological polar surface area (TPSA) is 75.4 Å². The van der Waals surface area contributed by atoms with Crippen molar-refractivity contribution in [2.75, 3.05) is 13.1 Å². The van der Waals surface area contributed by atoms with Crippen LogP contribution in [0.15, 0.2) is 30.3 Å². The number of amides is 1. The average Bonchev–Trinajstić information content (AvgIpc) is 2.93. The van der Waals surface area contributed by atoms with Crippen molar-refractivity contribution in [3.63, 3.8) is 0 Å². The van der Waals surface area contributed by atoms with Gasteiger partial charge in [0.05, 0.1) is 18.6 Å². The Balaban J connectivity index is 1.58. The summed E-state index contributed by atoms with van der Waals surface area (Å²) in [5, 5.41) is 4.13. The van der Waals surface area contributed by atoms with Gasteiger partial charge in [0, 0.05) is 16.1 Å². The highest BCUT2D eigenvalue weighted by molar-refractivity contribution is 7.19. The molecule has 0 radical (unpaired) electrons. The molecule has 1 aromatic heterocycles. The van der Waals surface area contributed by atoms with Crippen LogP contribution >= 0.6 is 11.3 Å². The molecule has 0 spiro atoms. The van der Waals surface area contributed by atoms with Gasteiger partial charge < -0.3 is 11.1 Å². The van der Waals surface area contributed by atoms with Crippen LogP contribution in [0.5, 0.6) is 0 Å². The number of nitrogens with one attached hydrogen (secondary N) is 1. The molecule has 146 valence electrons. The molecule has 1 unspecified atom stereocenters. The molecule has 0 bridgehead atoms. The lowest BCUT2D eigenvalue weighted by Gasteiger charge is -2.20. The first-order chi connectivity index (χ1) is 12.9. The van der Waals surface area contributed by atoms with Crippen LogP contribution in [0, 0.1) is 5.92 Å². The molecule has 1 aliphatic heterocycles. The molecule has 1 aromatic carbocycles. The van der Waals surface area contributed by atoms with Crippen LogP contribution in [0.3, 0.4) is 0 Å². The summed E-state index contributed by atoms with van der Waals surface area (Å²) >= 11 is 1.78. The second-order valence-electron chi connectivity index (χ2n) is 7.87. The maximum Gasteiger partial charge on any atom is 0.237 e. The van der Waals surface area contributed by atoms with E-state index >= 15 is 0 Å². The maximum atomic E-state index is 12.7. The van der Waals surface area contributed by atoms with Crippen LogP contribution in [0.2, 0.25) is 0 Å². The molecule has 1 saturated heterocycles. The van der Waals surface area contributed by atoms with Gasteiger partial charge in [0.2, 0.25) is 5.91 Å². The Morgan fingerprint density at radius 2 is 2.15 bits per heavy atom. The molecule has 3 rings (SSSR count). The first-order valence-corrected chi connectivity index (χ1v) is 10.5. The zero-order valence-electron chi connectivity index (χ0n) is 16.1. The van der Waals surface area contributed by atoms with Gasteiger partial charge in [-0.15, -0.1) is 11.3 Å². The summed E-state index contributed by atoms with van der Waals surface area (Å²) in [6.45, 7) is 6.09. The maximum absolute atomic E-state index is 12.7. The third-order valence-corrected chi connectivity index (χ3v) is 6.07. The van der Waals surface area contributed by atoms with Crippen LogP contribution in [0.4, 0.5) is 0 Å². The lowest BCUT2D eigenvalue weighted by Crippen LogP contribution is -2.49. The number of ketones is 1. The Kier molecular flexibility index (Phi) is 6.63. The highest BCUT2D eigenvalue weighted by atomic mass is 32.1. The quantitative estimate of drug-likeness (QED) is 0.799. The SMILES string of the molecule is CC(C)C[C@H](N)C(=O)NC1CCCN(Cc2cc3ccccc3s2)CC1=O. The van der Waals surface area contributed by atoms with E-state index in [2.05, 4.69) is 34.5 Å². The van der Waals surface area contributed by atoms with Crippen LogP contribution in [-0.4, -0.2) is 41.8 Å². The van der Waals surface area contributed by atoms with Crippen molar-refractivity contribution >= 4 is 33.1 Å². The van der Waals surface area contributed by atoms with E-state index < -0.39 is 12.1 Å². The van der Waals surface area contributed by atoms with Crippen molar-refractivity contribution in [2.45, 2.75) is 51.7 Å². The highest BCUT2D eigenvalue weighted by Gasteiger charge is 2.28. The van der Waals surface area contributed by atoms with Gasteiger partial charge in [-0.25, -0.2) is 0 Å². The Morgan fingerprint density at radius 3 is 2.89 bits per heavy atom. The van der Waals surface area contributed by atoms with Crippen molar-refractivity contribution < 1.29 is 9.59 Å². The molecule has 2 heterocycles. The van der Waals surface area contributed by atoms with E-state index in [1.165, 1.54) is 15.0 Å². The molecular formula is C21H29N3O2S. The monoisotopic (exact) mass is 387 g/mol. The van der Waals surface area contributed by atoms with Crippen LogP contribution < -0.4 is 11.1 Å². The van der Waals surface area contributed by atoms with E-state index in [4.69, 9.17) is 5.73 Å². The lowest BCUT2D eigenvalue weighted by atomic mass is 10.0. The number of hydrogen-bond acceptors (Lipinski definition) is 5. The molecule has 2 aromatic rings. The number of carbonyl (C=O) groups excluding carboxylic acids is 2. The van der Waals surface area contributed by atoms with Gasteiger partial charge in [0.15, 0.2) is 5.78 Å². The fourth-order valence-corrected chi connectivity index (χ4v) is 4.71. The standard InChI is InChI=1S/C21H29N3O2S/c1-14(2)10-17(22)21(26)23-18-7-5-9-24(13-19(18)25)12-16-11-15-6-3-4-8-20(15)27-16/h3-4,6,8,11,14,17-18H,5,7,9-10,12-13,22H2,1-2H3,(H,23,26)/t17-,18?/m0/s1. The number of carbonyl (C=O) groups is 2. The van der Waals surface area contributed by atoms with Crippen LogP contribution in [0.25, 0.3) is 10.1 Å². The molecule has 1 amide bonds. The predicted octanol–water partition coefficient (Wildman–Crippen LogP) is 2.92. The van der Waals surface area contributed by atoms with E-state index in [1.54, 1.807) is 11.3 Å². The fourth-order valence-electron chi connectivity index (χ4n) is 3.61. The number of thiophene rings is 1. The van der Waals surface area contributed by atoms with E-state index in [9.17, 15) is 9.59 Å². The summed E-state index contributed by atoms with van der Waals surface area (Å²) < 4.78 is 1.28. The summed E-state index contributed by atoms with van der Waals surface area (Å²) in [4.78, 5) is 28.4. The number of benzene rings is 1. The second-order valence-corrected chi connectivity index (χ2v) is 9.04. The van der Waals surface area contributed by atoms with Crippen molar-refractivity contribution in [1.82, 2.24) is 10.2 Å². The third kappa shape index (κ3) is 5.37. The van der Waals surface area contributed by atoms with Gasteiger partial charge >= 0.3 is 0 Å². The first kappa shape index (κ1) is 20.0. The molecule has 0 aliphatic carbocycles. The number of hydrogen-bond donors (Lipinski definition) is 2. The lowest BCUT2D eigenvalue weighted by molar-refractivity contribution is -0.129. The highest BCUT2D eigenvalue weighted by Crippen LogP contribution is 2.26. The molecule has 6 heteroatoms. The smallest absolute Gasteiger partial charge is 0.237 e. The molecule has 5 nitrogen and oxygen atoms in total. The van der Waals surface area contributed by atoms with E-state index in [1.807, 2.05) is 19.9 Å². The first-order valence-electron chi connectivity index (χ1n) is 9.71. The zero-order valence-corrected chi connectivity index (χ0v) is 16.9. The number of fused-ring (bicyclic) bond motifs is 1. The molecule has 2 atom stereocenters. The number of rotatable bonds is 6. The normalized spacial score (nSPS) is 20.0. The van der Waals surface area contributed by atoms with Gasteiger partial charge in [-0.3, -0.25) is 14.5 Å². The van der Waals surface area contributed by atoms with Gasteiger partial charge in [0.1, 0.15) is 0 Å². The molecule has 1 aliphatic rings. The summed E-state index contributed by atoms with van der Waals surface area (Å²) in [6.07, 6.45) is 2.20. The Bertz CT molecular complexity index is 769. The minimum atomic E-state index is -0.546. The minimum absolute atomic E-state index is 0.0821. The Labute approximate surface area is 164 Å². The van der Waals surface area contributed by atoms with Crippen LogP contribution in [-0.2, 0) is 16.1 Å². The largest absolute Gasteiger partial charge is 0.345 e. The fraction of sp³-hybridized carbons (Fsp3) is 0.524. The van der Waals surface area contributed by atoms with Gasteiger partial charge in [-0.05, 0) is 49.2 Å². The predicted molar refractivity (Wildman–Crippen MR) is 111 cm³/mol. The molecule has 0 saturated carbocycles. The number of nitrogens with two attached hydrogens (primary N) is 1. The van der Waals surface area contributed by atoms with Crippen molar-refractivity contribution in [3.8, 4) is 0 Å². The van der Waals surface area contributed by atoms with Crippen LogP contribution in [0.1, 0.15) is 38.0 Å². The third-order valence-electron chi connectivity index (χ3n) is 4.97. The van der Waals surface area contributed by atoms with Crippen molar-refractivity contribution in [2.24, 2.45) is 11.7 Å². The zero-order chi connectivity index (χ0) is 19.4. The van der Waals surface area contributed by atoms with E-state index in [0.29, 0.717) is 25.3 Å². The van der Waals surface area contributed by atoms with Crippen molar-refractivity contribution in [1.29, 1.82) is 0 Å². The molecular weight excluding hydrogens is 358 g/mol. The Hall–Kier alpha value is -1.76. The summed E-state index contributed by atoms with van der Waals surface area (Å²) in [5.74, 6) is 0.228. The molecule has 3 N–H and O–H groups in total.